The molecular weight excluding hydrogens is 706 g/mol. The Morgan fingerprint density at radius 2 is 1.33 bits per heavy atom. The lowest BCUT2D eigenvalue weighted by molar-refractivity contribution is -0.133. The van der Waals surface area contributed by atoms with Crippen LogP contribution in [0.2, 0.25) is 5.02 Å². The first-order valence-corrected chi connectivity index (χ1v) is 20.4. The van der Waals surface area contributed by atoms with Gasteiger partial charge in [0.1, 0.15) is 5.75 Å². The maximum Gasteiger partial charge on any atom is 0.337 e. The van der Waals surface area contributed by atoms with E-state index >= 15 is 0 Å². The van der Waals surface area contributed by atoms with E-state index in [1.54, 1.807) is 20.8 Å². The highest BCUT2D eigenvalue weighted by molar-refractivity contribution is 7.92. The lowest BCUT2D eigenvalue weighted by Gasteiger charge is -2.22. The molecule has 1 unspecified atom stereocenters. The van der Waals surface area contributed by atoms with Gasteiger partial charge in [0, 0.05) is 5.41 Å². The first kappa shape index (κ1) is 44.5. The molecule has 13 heteroatoms. The highest BCUT2D eigenvalue weighted by Crippen LogP contribution is 2.31. The van der Waals surface area contributed by atoms with Gasteiger partial charge in [0.25, 0.3) is 5.91 Å². The molecule has 52 heavy (non-hydrogen) atoms. The van der Waals surface area contributed by atoms with E-state index in [1.807, 2.05) is 0 Å². The molecule has 2 rings (SSSR count). The van der Waals surface area contributed by atoms with Crippen molar-refractivity contribution in [1.29, 1.82) is 0 Å². The van der Waals surface area contributed by atoms with Gasteiger partial charge in [-0.25, -0.2) is 13.2 Å². The van der Waals surface area contributed by atoms with Gasteiger partial charge in [0.15, 0.2) is 5.78 Å². The lowest BCUT2D eigenvalue weighted by atomic mass is 9.95. The van der Waals surface area contributed by atoms with E-state index in [0.717, 1.165) is 26.2 Å². The van der Waals surface area contributed by atoms with Crippen molar-refractivity contribution in [3.05, 3.63) is 47.0 Å². The molecule has 0 heterocycles. The Labute approximate surface area is 315 Å². The molecule has 2 amide bonds. The molecule has 0 aliphatic rings. The summed E-state index contributed by atoms with van der Waals surface area (Å²) in [5, 5.41) is 5.33. The summed E-state index contributed by atoms with van der Waals surface area (Å²) in [5.41, 5.74) is -0.407. The third-order valence-electron chi connectivity index (χ3n) is 8.45. The molecule has 2 aromatic carbocycles. The van der Waals surface area contributed by atoms with Crippen molar-refractivity contribution < 1.29 is 37.1 Å². The Bertz CT molecular complexity index is 1590. The average Bonchev–Trinajstić information content (AvgIpc) is 3.08. The molecule has 290 valence electrons. The molecule has 11 nitrogen and oxygen atoms in total. The van der Waals surface area contributed by atoms with Crippen LogP contribution in [0.1, 0.15) is 135 Å². The van der Waals surface area contributed by atoms with Crippen molar-refractivity contribution in [3.8, 4) is 5.75 Å². The van der Waals surface area contributed by atoms with Crippen LogP contribution in [0.3, 0.4) is 0 Å². The normalized spacial score (nSPS) is 12.1. The van der Waals surface area contributed by atoms with E-state index in [1.165, 1.54) is 108 Å². The van der Waals surface area contributed by atoms with E-state index in [0.29, 0.717) is 6.42 Å². The minimum atomic E-state index is -3.67. The number of ether oxygens (including phenoxy) is 2. The van der Waals surface area contributed by atoms with E-state index in [-0.39, 0.29) is 39.2 Å². The third-order valence-corrected chi connectivity index (χ3v) is 10.1. The monoisotopic (exact) mass is 763 g/mol. The minimum absolute atomic E-state index is 0.0432. The number of esters is 1. The number of nitrogens with one attached hydrogen (secondary N) is 3. The number of unbranched alkanes of at least 4 members (excludes halogenated alkanes) is 13. The predicted molar refractivity (Wildman–Crippen MR) is 209 cm³/mol. The van der Waals surface area contributed by atoms with Gasteiger partial charge < -0.3 is 20.1 Å². The number of ketones is 1. The molecule has 0 radical (unpaired) electrons. The molecule has 3 N–H and O–H groups in total. The lowest BCUT2D eigenvalue weighted by Crippen LogP contribution is -2.39. The van der Waals surface area contributed by atoms with E-state index in [2.05, 4.69) is 22.3 Å². The number of sulfonamides is 1. The Hall–Kier alpha value is -3.64. The summed E-state index contributed by atoms with van der Waals surface area (Å²) in [6.07, 6.45) is 14.7. The number of hydrogen-bond acceptors (Lipinski definition) is 8. The first-order chi connectivity index (χ1) is 24.6. The van der Waals surface area contributed by atoms with Gasteiger partial charge in [-0.1, -0.05) is 123 Å². The van der Waals surface area contributed by atoms with Gasteiger partial charge >= 0.3 is 5.97 Å². The number of methoxy groups -OCH3 is 1. The average molecular weight is 764 g/mol. The number of halogens is 1. The van der Waals surface area contributed by atoms with E-state index in [9.17, 15) is 27.6 Å². The number of anilines is 3. The predicted octanol–water partition coefficient (Wildman–Crippen LogP) is 9.31. The van der Waals surface area contributed by atoms with Crippen molar-refractivity contribution in [1.82, 2.24) is 0 Å². The molecule has 0 saturated carbocycles. The number of benzene rings is 2. The molecule has 0 saturated heterocycles. The zero-order valence-corrected chi connectivity index (χ0v) is 33.3. The van der Waals surface area contributed by atoms with E-state index in [4.69, 9.17) is 21.1 Å². The second kappa shape index (κ2) is 22.4. The molecule has 0 spiro atoms. The van der Waals surface area contributed by atoms with Crippen molar-refractivity contribution in [2.24, 2.45) is 5.41 Å². The van der Waals surface area contributed by atoms with Crippen LogP contribution in [-0.4, -0.2) is 51.0 Å². The molecule has 1 atom stereocenters. The summed E-state index contributed by atoms with van der Waals surface area (Å²) in [6.45, 7) is 8.47. The number of rotatable bonds is 24. The smallest absolute Gasteiger partial charge is 0.337 e. The molecule has 0 aromatic heterocycles. The fourth-order valence-corrected chi connectivity index (χ4v) is 6.67. The Kier molecular flexibility index (Phi) is 19.2. The van der Waals surface area contributed by atoms with Crippen LogP contribution in [0, 0.1) is 5.41 Å². The maximum absolute atomic E-state index is 13.4. The van der Waals surface area contributed by atoms with Gasteiger partial charge in [-0.3, -0.25) is 19.1 Å². The zero-order chi connectivity index (χ0) is 38.7. The maximum atomic E-state index is 13.4. The van der Waals surface area contributed by atoms with Gasteiger partial charge in [-0.15, -0.1) is 0 Å². The highest BCUT2D eigenvalue weighted by atomic mass is 35.5. The van der Waals surface area contributed by atoms with Gasteiger partial charge in [0.05, 0.1) is 40.5 Å². The molecule has 0 fully saturated rings. The summed E-state index contributed by atoms with van der Waals surface area (Å²) in [4.78, 5) is 50.9. The fourth-order valence-electron chi connectivity index (χ4n) is 5.33. The largest absolute Gasteiger partial charge is 0.471 e. The van der Waals surface area contributed by atoms with Crippen molar-refractivity contribution in [2.75, 3.05) is 28.2 Å². The number of amides is 2. The van der Waals surface area contributed by atoms with Crippen LogP contribution in [0.5, 0.6) is 5.75 Å². The van der Waals surface area contributed by atoms with Crippen LogP contribution in [0.4, 0.5) is 17.1 Å². The minimum Gasteiger partial charge on any atom is -0.471 e. The van der Waals surface area contributed by atoms with Crippen LogP contribution >= 0.6 is 11.6 Å². The zero-order valence-electron chi connectivity index (χ0n) is 31.7. The summed E-state index contributed by atoms with van der Waals surface area (Å²) >= 11 is 6.34. The third kappa shape index (κ3) is 16.4. The SMILES string of the molecule is CCCCCCCCCCCCCCCCS(=O)(=O)Nc1ccc(Cl)c(NC(=O)C(Oc2ccc(C(=O)OC)cc2NC(=O)C(C)(C)C)C(C)=O)c1. The number of Topliss-reactive ketones (excluding diaryl/α,β-unsaturated/α-hetero) is 1. The molecule has 0 aliphatic heterocycles. The summed E-state index contributed by atoms with van der Waals surface area (Å²) in [5.74, 6) is -2.71. The van der Waals surface area contributed by atoms with Crippen LogP contribution in [0.15, 0.2) is 36.4 Å². The second-order valence-electron chi connectivity index (χ2n) is 14.2. The molecule has 2 aromatic rings. The second-order valence-corrected chi connectivity index (χ2v) is 16.5. The summed E-state index contributed by atoms with van der Waals surface area (Å²) < 4.78 is 38.8. The van der Waals surface area contributed by atoms with Crippen LogP contribution in [0.25, 0.3) is 0 Å². The number of hydrogen-bond donors (Lipinski definition) is 3. The van der Waals surface area contributed by atoms with Gasteiger partial charge in [0.2, 0.25) is 22.0 Å². The number of carbonyl (C=O) groups is 4. The van der Waals surface area contributed by atoms with Crippen LogP contribution in [-0.2, 0) is 29.1 Å². The molecular formula is C39H58ClN3O8S. The summed E-state index contributed by atoms with van der Waals surface area (Å²) in [6, 6.07) is 8.30. The van der Waals surface area contributed by atoms with Crippen molar-refractivity contribution >= 4 is 62.3 Å². The Morgan fingerprint density at radius 1 is 0.769 bits per heavy atom. The Balaban J connectivity index is 1.96. The fraction of sp³-hybridized carbons (Fsp3) is 0.590. The topological polar surface area (TPSA) is 157 Å². The summed E-state index contributed by atoms with van der Waals surface area (Å²) in [7, 11) is -2.46. The first-order valence-electron chi connectivity index (χ1n) is 18.4. The molecule has 0 aliphatic carbocycles. The number of carbonyl (C=O) groups excluding carboxylic acids is 4. The molecule has 0 bridgehead atoms. The van der Waals surface area contributed by atoms with Crippen molar-refractivity contribution in [3.63, 3.8) is 0 Å². The standard InChI is InChI=1S/C39H58ClN3O8S/c1-7-8-9-10-11-12-13-14-15-16-17-18-19-20-25-52(48,49)43-30-22-23-31(40)32(27-30)41-36(45)35(28(2)44)51-34-24-21-29(37(46)50-6)26-33(34)42-38(47)39(3,4)5/h21-24,26-27,35,43H,7-20,25H2,1-6H3,(H,41,45)(H,42,47). The quantitative estimate of drug-likeness (QED) is 0.0543. The van der Waals surface area contributed by atoms with Gasteiger partial charge in [-0.2, -0.15) is 0 Å². The van der Waals surface area contributed by atoms with E-state index < -0.39 is 45.1 Å². The highest BCUT2D eigenvalue weighted by Gasteiger charge is 2.29. The Morgan fingerprint density at radius 3 is 1.85 bits per heavy atom. The van der Waals surface area contributed by atoms with Crippen LogP contribution < -0.4 is 20.1 Å². The van der Waals surface area contributed by atoms with Crippen molar-refractivity contribution in [2.45, 2.75) is 131 Å². The van der Waals surface area contributed by atoms with Gasteiger partial charge in [-0.05, 0) is 49.7 Å².